The summed E-state index contributed by atoms with van der Waals surface area (Å²) in [4.78, 5) is 13.0. The molecular formula is C12H18BrN3O. The molecule has 0 heterocycles. The molecule has 0 aliphatic rings. The lowest BCUT2D eigenvalue weighted by molar-refractivity contribution is -0.119. The number of amides is 1. The summed E-state index contributed by atoms with van der Waals surface area (Å²) in [6.45, 7) is 4.92. The Balaban J connectivity index is 2.82. The van der Waals surface area contributed by atoms with Crippen LogP contribution in [0.2, 0.25) is 0 Å². The predicted octanol–water partition coefficient (Wildman–Crippen LogP) is 1.73. The first-order chi connectivity index (χ1) is 7.90. The van der Waals surface area contributed by atoms with Crippen molar-refractivity contribution in [1.29, 1.82) is 0 Å². The highest BCUT2D eigenvalue weighted by molar-refractivity contribution is 9.10. The third-order valence-electron chi connectivity index (χ3n) is 2.57. The Bertz CT molecular complexity index is 407. The molecule has 0 aromatic heterocycles. The highest BCUT2D eigenvalue weighted by Gasteiger charge is 2.14. The second-order valence-corrected chi connectivity index (χ2v) is 5.22. The molecule has 0 saturated heterocycles. The van der Waals surface area contributed by atoms with Crippen LogP contribution in [0.4, 0.5) is 5.69 Å². The lowest BCUT2D eigenvalue weighted by Gasteiger charge is -2.25. The zero-order chi connectivity index (χ0) is 13.0. The summed E-state index contributed by atoms with van der Waals surface area (Å²) in [5.74, 6) is -0.325. The third-order valence-corrected chi connectivity index (χ3v) is 3.06. The molecule has 1 rings (SSSR count). The molecule has 1 aromatic rings. The van der Waals surface area contributed by atoms with Gasteiger partial charge in [-0.25, -0.2) is 0 Å². The predicted molar refractivity (Wildman–Crippen MR) is 73.3 cm³/mol. The normalized spacial score (nSPS) is 11.1. The lowest BCUT2D eigenvalue weighted by atomic mass is 10.1. The molecule has 1 aromatic carbocycles. The van der Waals surface area contributed by atoms with E-state index in [2.05, 4.69) is 15.9 Å². The monoisotopic (exact) mass is 299 g/mol. The quantitative estimate of drug-likeness (QED) is 0.813. The van der Waals surface area contributed by atoms with Crippen molar-refractivity contribution in [3.8, 4) is 0 Å². The van der Waals surface area contributed by atoms with Crippen molar-refractivity contribution in [2.45, 2.75) is 26.4 Å². The first kappa shape index (κ1) is 14.0. The molecule has 4 nitrogen and oxygen atoms in total. The van der Waals surface area contributed by atoms with Crippen molar-refractivity contribution in [3.63, 3.8) is 0 Å². The highest BCUT2D eigenvalue weighted by atomic mass is 79.9. The number of anilines is 1. The average Bonchev–Trinajstić information content (AvgIpc) is 2.19. The molecule has 0 fully saturated rings. The number of carbonyl (C=O) groups is 1. The molecule has 0 radical (unpaired) electrons. The first-order valence-corrected chi connectivity index (χ1v) is 6.25. The number of rotatable bonds is 5. The van der Waals surface area contributed by atoms with Gasteiger partial charge in [0.05, 0.1) is 6.54 Å². The van der Waals surface area contributed by atoms with Gasteiger partial charge in [0.25, 0.3) is 0 Å². The molecule has 5 heteroatoms. The summed E-state index contributed by atoms with van der Waals surface area (Å²) in [6, 6.07) is 5.99. The van der Waals surface area contributed by atoms with Crippen LogP contribution in [0.1, 0.15) is 19.4 Å². The summed E-state index contributed by atoms with van der Waals surface area (Å²) in [5.41, 5.74) is 12.9. The van der Waals surface area contributed by atoms with Crippen LogP contribution in [-0.2, 0) is 11.3 Å². The van der Waals surface area contributed by atoms with E-state index in [1.54, 1.807) is 0 Å². The SMILES string of the molecule is CC(C)N(CC(N)=O)Cc1ccc(Br)cc1N. The number of primary amides is 1. The smallest absolute Gasteiger partial charge is 0.231 e. The van der Waals surface area contributed by atoms with Crippen molar-refractivity contribution in [3.05, 3.63) is 28.2 Å². The summed E-state index contributed by atoms with van der Waals surface area (Å²) < 4.78 is 0.949. The van der Waals surface area contributed by atoms with Crippen molar-refractivity contribution >= 4 is 27.5 Å². The Labute approximate surface area is 110 Å². The van der Waals surface area contributed by atoms with Gasteiger partial charge in [0.2, 0.25) is 5.91 Å². The lowest BCUT2D eigenvalue weighted by Crippen LogP contribution is -2.38. The van der Waals surface area contributed by atoms with Gasteiger partial charge >= 0.3 is 0 Å². The van der Waals surface area contributed by atoms with Gasteiger partial charge in [0.1, 0.15) is 0 Å². The van der Waals surface area contributed by atoms with Gasteiger partial charge in [-0.3, -0.25) is 9.69 Å². The van der Waals surface area contributed by atoms with E-state index < -0.39 is 0 Å². The molecule has 0 atom stereocenters. The molecule has 0 spiro atoms. The van der Waals surface area contributed by atoms with Crippen LogP contribution < -0.4 is 11.5 Å². The van der Waals surface area contributed by atoms with Crippen molar-refractivity contribution in [2.24, 2.45) is 5.73 Å². The first-order valence-electron chi connectivity index (χ1n) is 5.46. The molecule has 0 unspecified atom stereocenters. The topological polar surface area (TPSA) is 72.3 Å². The van der Waals surface area contributed by atoms with Gasteiger partial charge < -0.3 is 11.5 Å². The fraction of sp³-hybridized carbons (Fsp3) is 0.417. The van der Waals surface area contributed by atoms with E-state index in [1.165, 1.54) is 0 Å². The zero-order valence-corrected chi connectivity index (χ0v) is 11.7. The summed E-state index contributed by atoms with van der Waals surface area (Å²) in [7, 11) is 0. The number of nitrogens with zero attached hydrogens (tertiary/aromatic N) is 1. The molecule has 0 saturated carbocycles. The molecule has 1 amide bonds. The molecule has 0 aliphatic carbocycles. The molecule has 94 valence electrons. The van der Waals surface area contributed by atoms with Gasteiger partial charge in [-0.15, -0.1) is 0 Å². The standard InChI is InChI=1S/C12H18BrN3O/c1-8(2)16(7-12(15)17)6-9-3-4-10(13)5-11(9)14/h3-5,8H,6-7,14H2,1-2H3,(H2,15,17). The van der Waals surface area contributed by atoms with Crippen LogP contribution in [0.3, 0.4) is 0 Å². The Morgan fingerprint density at radius 3 is 2.59 bits per heavy atom. The van der Waals surface area contributed by atoms with Crippen molar-refractivity contribution in [1.82, 2.24) is 4.90 Å². The fourth-order valence-corrected chi connectivity index (χ4v) is 1.93. The van der Waals surface area contributed by atoms with E-state index in [9.17, 15) is 4.79 Å². The maximum absolute atomic E-state index is 11.0. The number of carbonyl (C=O) groups excluding carboxylic acids is 1. The number of nitrogens with two attached hydrogens (primary N) is 2. The third kappa shape index (κ3) is 4.36. The average molecular weight is 300 g/mol. The molecule has 17 heavy (non-hydrogen) atoms. The summed E-state index contributed by atoms with van der Waals surface area (Å²) >= 11 is 3.36. The van der Waals surface area contributed by atoms with E-state index in [4.69, 9.17) is 11.5 Å². The minimum atomic E-state index is -0.325. The van der Waals surface area contributed by atoms with Gasteiger partial charge in [-0.05, 0) is 31.5 Å². The Kier molecular flexibility index (Phi) is 4.96. The van der Waals surface area contributed by atoms with Crippen LogP contribution in [0.5, 0.6) is 0 Å². The molecular weight excluding hydrogens is 282 g/mol. The Morgan fingerprint density at radius 2 is 2.12 bits per heavy atom. The Morgan fingerprint density at radius 1 is 1.47 bits per heavy atom. The zero-order valence-electron chi connectivity index (χ0n) is 10.1. The van der Waals surface area contributed by atoms with Crippen LogP contribution in [0.25, 0.3) is 0 Å². The maximum atomic E-state index is 11.0. The van der Waals surface area contributed by atoms with Crippen molar-refractivity contribution < 1.29 is 4.79 Å². The second-order valence-electron chi connectivity index (χ2n) is 4.31. The highest BCUT2D eigenvalue weighted by Crippen LogP contribution is 2.20. The van der Waals surface area contributed by atoms with Crippen LogP contribution >= 0.6 is 15.9 Å². The van der Waals surface area contributed by atoms with Gasteiger partial charge in [-0.2, -0.15) is 0 Å². The van der Waals surface area contributed by atoms with Crippen LogP contribution in [-0.4, -0.2) is 23.4 Å². The van der Waals surface area contributed by atoms with E-state index in [0.717, 1.165) is 15.7 Å². The largest absolute Gasteiger partial charge is 0.398 e. The Hall–Kier alpha value is -1.07. The van der Waals surface area contributed by atoms with E-state index in [0.29, 0.717) is 6.54 Å². The van der Waals surface area contributed by atoms with E-state index in [1.807, 2.05) is 36.9 Å². The minimum Gasteiger partial charge on any atom is -0.398 e. The summed E-state index contributed by atoms with van der Waals surface area (Å²) in [6.07, 6.45) is 0. The number of halogens is 1. The van der Waals surface area contributed by atoms with E-state index >= 15 is 0 Å². The molecule has 0 bridgehead atoms. The molecule has 0 aliphatic heterocycles. The van der Waals surface area contributed by atoms with Gasteiger partial charge in [-0.1, -0.05) is 22.0 Å². The van der Waals surface area contributed by atoms with Crippen LogP contribution in [0.15, 0.2) is 22.7 Å². The molecule has 4 N–H and O–H groups in total. The number of nitrogen functional groups attached to an aromatic ring is 1. The van der Waals surface area contributed by atoms with Gasteiger partial charge in [0, 0.05) is 22.7 Å². The van der Waals surface area contributed by atoms with Gasteiger partial charge in [0.15, 0.2) is 0 Å². The van der Waals surface area contributed by atoms with Crippen molar-refractivity contribution in [2.75, 3.05) is 12.3 Å². The number of hydrogen-bond donors (Lipinski definition) is 2. The number of benzene rings is 1. The van der Waals surface area contributed by atoms with E-state index in [-0.39, 0.29) is 18.5 Å². The maximum Gasteiger partial charge on any atom is 0.231 e. The number of hydrogen-bond acceptors (Lipinski definition) is 3. The summed E-state index contributed by atoms with van der Waals surface area (Å²) in [5, 5.41) is 0. The minimum absolute atomic E-state index is 0.241. The van der Waals surface area contributed by atoms with Crippen LogP contribution in [0, 0.1) is 0 Å². The fourth-order valence-electron chi connectivity index (χ4n) is 1.55. The second kappa shape index (κ2) is 6.02.